The Kier molecular flexibility index (Phi) is 5.83. The van der Waals surface area contributed by atoms with Crippen molar-refractivity contribution in [3.63, 3.8) is 0 Å². The first-order valence-corrected chi connectivity index (χ1v) is 10.5. The second-order valence-electron chi connectivity index (χ2n) is 6.71. The van der Waals surface area contributed by atoms with Gasteiger partial charge in [0.05, 0.1) is 17.1 Å². The first-order valence-electron chi connectivity index (χ1n) is 8.83. The van der Waals surface area contributed by atoms with E-state index in [4.69, 9.17) is 9.15 Å². The van der Waals surface area contributed by atoms with Crippen LogP contribution in [-0.4, -0.2) is 20.1 Å². The van der Waals surface area contributed by atoms with Gasteiger partial charge < -0.3 is 9.15 Å². The van der Waals surface area contributed by atoms with Crippen LogP contribution >= 0.6 is 0 Å². The molecular weight excluding hydrogens is 399 g/mol. The summed E-state index contributed by atoms with van der Waals surface area (Å²) >= 11 is 0. The Labute approximate surface area is 166 Å². The fourth-order valence-corrected chi connectivity index (χ4v) is 4.03. The number of esters is 1. The van der Waals surface area contributed by atoms with Crippen molar-refractivity contribution >= 4 is 26.8 Å². The summed E-state index contributed by atoms with van der Waals surface area (Å²) in [5.41, 5.74) is 2.26. The molecule has 0 spiro atoms. The summed E-state index contributed by atoms with van der Waals surface area (Å²) in [6.45, 7) is 3.62. The maximum Gasteiger partial charge on any atom is 0.336 e. The second-order valence-corrected chi connectivity index (χ2v) is 8.82. The lowest BCUT2D eigenvalue weighted by Gasteiger charge is -2.09. The minimum atomic E-state index is -3.74. The number of benzene rings is 2. The van der Waals surface area contributed by atoms with Crippen molar-refractivity contribution in [1.82, 2.24) is 0 Å². The summed E-state index contributed by atoms with van der Waals surface area (Å²) in [7, 11) is -3.74. The van der Waals surface area contributed by atoms with Gasteiger partial charge in [-0.15, -0.1) is 0 Å². The molecule has 0 aliphatic carbocycles. The monoisotopic (exact) mass is 418 g/mol. The molecule has 0 unspecified atom stereocenters. The molecule has 0 fully saturated rings. The molecule has 8 heteroatoms. The molecule has 152 valence electrons. The third kappa shape index (κ3) is 4.89. The molecule has 29 heavy (non-hydrogen) atoms. The first kappa shape index (κ1) is 20.7. The number of fused-ring (bicyclic) bond motifs is 1. The second kappa shape index (κ2) is 8.16. The zero-order valence-electron chi connectivity index (χ0n) is 15.9. The highest BCUT2D eigenvalue weighted by molar-refractivity contribution is 7.91. The van der Waals surface area contributed by atoms with Crippen LogP contribution in [0.1, 0.15) is 23.1 Å². The van der Waals surface area contributed by atoms with Crippen LogP contribution in [0.2, 0.25) is 0 Å². The number of carbonyl (C=O) groups is 1. The molecule has 3 rings (SSSR count). The fraction of sp³-hybridized carbons (Fsp3) is 0.238. The van der Waals surface area contributed by atoms with Crippen LogP contribution in [0, 0.1) is 19.7 Å². The van der Waals surface area contributed by atoms with Crippen LogP contribution in [-0.2, 0) is 26.0 Å². The van der Waals surface area contributed by atoms with Gasteiger partial charge in [-0.1, -0.05) is 0 Å². The largest absolute Gasteiger partial charge is 0.461 e. The lowest BCUT2D eigenvalue weighted by Crippen LogP contribution is -2.14. The van der Waals surface area contributed by atoms with Gasteiger partial charge >= 0.3 is 11.6 Å². The van der Waals surface area contributed by atoms with Gasteiger partial charge in [-0.25, -0.2) is 17.6 Å². The molecule has 0 amide bonds. The van der Waals surface area contributed by atoms with Gasteiger partial charge in [0.15, 0.2) is 9.84 Å². The number of sulfone groups is 1. The third-order valence-corrected chi connectivity index (χ3v) is 6.31. The topological polar surface area (TPSA) is 90.7 Å². The van der Waals surface area contributed by atoms with E-state index in [0.717, 1.165) is 35.4 Å². The van der Waals surface area contributed by atoms with Crippen molar-refractivity contribution < 1.29 is 26.8 Å². The summed E-state index contributed by atoms with van der Waals surface area (Å²) in [5.74, 6) is -1.73. The van der Waals surface area contributed by atoms with Crippen LogP contribution in [0.3, 0.4) is 0 Å². The number of aryl methyl sites for hydroxylation is 2. The van der Waals surface area contributed by atoms with E-state index in [1.54, 1.807) is 6.07 Å². The highest BCUT2D eigenvalue weighted by atomic mass is 32.2. The molecule has 1 aromatic heterocycles. The van der Waals surface area contributed by atoms with Crippen LogP contribution < -0.4 is 5.63 Å². The minimum absolute atomic E-state index is 0.0655. The van der Waals surface area contributed by atoms with Crippen LogP contribution in [0.5, 0.6) is 0 Å². The Morgan fingerprint density at radius 1 is 1.07 bits per heavy atom. The van der Waals surface area contributed by atoms with Gasteiger partial charge in [-0.05, 0) is 61.4 Å². The number of halogens is 1. The van der Waals surface area contributed by atoms with Gasteiger partial charge in [0, 0.05) is 17.0 Å². The van der Waals surface area contributed by atoms with E-state index in [0.29, 0.717) is 16.5 Å². The average molecular weight is 418 g/mol. The molecule has 0 aliphatic heterocycles. The van der Waals surface area contributed by atoms with Gasteiger partial charge in [0.2, 0.25) is 0 Å². The van der Waals surface area contributed by atoms with Gasteiger partial charge in [0.1, 0.15) is 18.0 Å². The number of carbonyl (C=O) groups excluding carboxylic acids is 1. The molecule has 0 aliphatic rings. The van der Waals surface area contributed by atoms with E-state index in [1.807, 2.05) is 19.9 Å². The fourth-order valence-electron chi connectivity index (χ4n) is 2.81. The average Bonchev–Trinajstić information content (AvgIpc) is 2.66. The van der Waals surface area contributed by atoms with Gasteiger partial charge in [-0.2, -0.15) is 0 Å². The SMILES string of the molecule is Cc1cc2oc(=O)cc(COC(=O)CCS(=O)(=O)c3ccc(F)cc3)c2cc1C. The lowest BCUT2D eigenvalue weighted by molar-refractivity contribution is -0.144. The van der Waals surface area contributed by atoms with Crippen molar-refractivity contribution in [2.24, 2.45) is 0 Å². The number of ether oxygens (including phenoxy) is 1. The van der Waals surface area contributed by atoms with E-state index < -0.39 is 33.0 Å². The number of hydrogen-bond donors (Lipinski definition) is 0. The molecular formula is C21H19FO6S. The first-order chi connectivity index (χ1) is 13.7. The van der Waals surface area contributed by atoms with Crippen molar-refractivity contribution in [2.45, 2.75) is 31.8 Å². The zero-order chi connectivity index (χ0) is 21.2. The van der Waals surface area contributed by atoms with E-state index in [9.17, 15) is 22.4 Å². The summed E-state index contributed by atoms with van der Waals surface area (Å²) in [5, 5.41) is 0.652. The van der Waals surface area contributed by atoms with Crippen molar-refractivity contribution in [3.05, 3.63) is 75.4 Å². The number of hydrogen-bond acceptors (Lipinski definition) is 6. The lowest BCUT2D eigenvalue weighted by atomic mass is 10.0. The van der Waals surface area contributed by atoms with Crippen LogP contribution in [0.15, 0.2) is 56.6 Å². The molecule has 0 radical (unpaired) electrons. The Morgan fingerprint density at radius 3 is 2.41 bits per heavy atom. The quantitative estimate of drug-likeness (QED) is 0.346. The van der Waals surface area contributed by atoms with E-state index >= 15 is 0 Å². The zero-order valence-corrected chi connectivity index (χ0v) is 16.7. The molecule has 0 N–H and O–H groups in total. The Balaban J connectivity index is 1.69. The molecule has 6 nitrogen and oxygen atoms in total. The molecule has 0 saturated heterocycles. The predicted octanol–water partition coefficient (Wildman–Crippen LogP) is 3.46. The molecule has 0 saturated carbocycles. The maximum atomic E-state index is 12.9. The molecule has 3 aromatic rings. The molecule has 0 bridgehead atoms. The van der Waals surface area contributed by atoms with Crippen LogP contribution in [0.25, 0.3) is 11.0 Å². The molecule has 1 heterocycles. The highest BCUT2D eigenvalue weighted by Crippen LogP contribution is 2.22. The minimum Gasteiger partial charge on any atom is -0.461 e. The maximum absolute atomic E-state index is 12.9. The Bertz CT molecular complexity index is 1230. The van der Waals surface area contributed by atoms with E-state index in [-0.39, 0.29) is 17.9 Å². The number of rotatable bonds is 6. The van der Waals surface area contributed by atoms with Crippen LogP contribution in [0.4, 0.5) is 4.39 Å². The van der Waals surface area contributed by atoms with Gasteiger partial charge in [0.25, 0.3) is 0 Å². The summed E-state index contributed by atoms with van der Waals surface area (Å²) < 4.78 is 47.8. The molecule has 2 aromatic carbocycles. The third-order valence-electron chi connectivity index (χ3n) is 4.58. The predicted molar refractivity (Wildman–Crippen MR) is 105 cm³/mol. The smallest absolute Gasteiger partial charge is 0.336 e. The van der Waals surface area contributed by atoms with Crippen molar-refractivity contribution in [2.75, 3.05) is 5.75 Å². The van der Waals surface area contributed by atoms with E-state index in [1.165, 1.54) is 6.07 Å². The van der Waals surface area contributed by atoms with Crippen molar-refractivity contribution in [1.29, 1.82) is 0 Å². The van der Waals surface area contributed by atoms with E-state index in [2.05, 4.69) is 0 Å². The van der Waals surface area contributed by atoms with Gasteiger partial charge in [-0.3, -0.25) is 4.79 Å². The Hall–Kier alpha value is -3.00. The van der Waals surface area contributed by atoms with Crippen molar-refractivity contribution in [3.8, 4) is 0 Å². The normalized spacial score (nSPS) is 11.6. The standard InChI is InChI=1S/C21H19FO6S/c1-13-9-18-15(11-21(24)28-19(18)10-14(13)2)12-27-20(23)7-8-29(25,26)17-5-3-16(22)4-6-17/h3-6,9-11H,7-8,12H2,1-2H3. The summed E-state index contributed by atoms with van der Waals surface area (Å²) in [6.07, 6.45) is -0.364. The Morgan fingerprint density at radius 2 is 1.72 bits per heavy atom. The molecule has 0 atom stereocenters. The summed E-state index contributed by atoms with van der Waals surface area (Å²) in [6, 6.07) is 9.22. The highest BCUT2D eigenvalue weighted by Gasteiger charge is 2.18. The summed E-state index contributed by atoms with van der Waals surface area (Å²) in [4.78, 5) is 23.7.